The van der Waals surface area contributed by atoms with Crippen LogP contribution in [0.1, 0.15) is 56.1 Å². The van der Waals surface area contributed by atoms with Crippen molar-refractivity contribution in [3.63, 3.8) is 0 Å². The van der Waals surface area contributed by atoms with E-state index < -0.39 is 0 Å². The van der Waals surface area contributed by atoms with Crippen LogP contribution in [0.3, 0.4) is 0 Å². The number of hydrogen-bond acceptors (Lipinski definition) is 2. The zero-order valence-electron chi connectivity index (χ0n) is 13.1. The highest BCUT2D eigenvalue weighted by molar-refractivity contribution is 5.40. The summed E-state index contributed by atoms with van der Waals surface area (Å²) in [6.07, 6.45) is 7.07. The summed E-state index contributed by atoms with van der Waals surface area (Å²) >= 11 is 0. The topological polar surface area (TPSA) is 29.5 Å². The molecule has 1 aromatic rings. The quantitative estimate of drug-likeness (QED) is 0.848. The molecule has 21 heavy (non-hydrogen) atoms. The van der Waals surface area contributed by atoms with Crippen molar-refractivity contribution in [1.29, 1.82) is 0 Å². The summed E-state index contributed by atoms with van der Waals surface area (Å²) in [4.78, 5) is 0. The molecule has 0 bridgehead atoms. The third-order valence-corrected chi connectivity index (χ3v) is 6.88. The molecule has 0 amide bonds. The number of aliphatic hydroxyl groups excluding tert-OH is 1. The van der Waals surface area contributed by atoms with Crippen LogP contribution < -0.4 is 4.74 Å². The van der Waals surface area contributed by atoms with Crippen molar-refractivity contribution in [3.05, 3.63) is 29.3 Å². The molecule has 2 saturated carbocycles. The van der Waals surface area contributed by atoms with Crippen molar-refractivity contribution in [3.8, 4) is 5.75 Å². The second kappa shape index (κ2) is 4.74. The molecule has 1 aromatic carbocycles. The zero-order chi connectivity index (χ0) is 14.6. The minimum atomic E-state index is -0.0688. The van der Waals surface area contributed by atoms with E-state index in [4.69, 9.17) is 4.74 Å². The molecule has 3 aliphatic carbocycles. The van der Waals surface area contributed by atoms with Crippen LogP contribution in [0.25, 0.3) is 0 Å². The fourth-order valence-electron chi connectivity index (χ4n) is 5.66. The summed E-state index contributed by atoms with van der Waals surface area (Å²) in [5.74, 6) is 3.20. The van der Waals surface area contributed by atoms with Crippen LogP contribution in [0.5, 0.6) is 5.75 Å². The van der Waals surface area contributed by atoms with E-state index in [1.165, 1.54) is 37.7 Å². The predicted molar refractivity (Wildman–Crippen MR) is 83.6 cm³/mol. The lowest BCUT2D eigenvalue weighted by atomic mass is 9.55. The Balaban J connectivity index is 1.68. The van der Waals surface area contributed by atoms with Gasteiger partial charge in [0.25, 0.3) is 0 Å². The summed E-state index contributed by atoms with van der Waals surface area (Å²) in [5.41, 5.74) is 3.25. The lowest BCUT2D eigenvalue weighted by Gasteiger charge is -2.50. The average molecular weight is 286 g/mol. The van der Waals surface area contributed by atoms with Crippen LogP contribution in [0.15, 0.2) is 18.2 Å². The molecular formula is C19H26O2. The third-order valence-electron chi connectivity index (χ3n) is 6.88. The van der Waals surface area contributed by atoms with Crippen molar-refractivity contribution in [2.24, 2.45) is 17.3 Å². The number of hydrogen-bond donors (Lipinski definition) is 1. The summed E-state index contributed by atoms with van der Waals surface area (Å²) < 4.78 is 5.38. The molecule has 3 aliphatic rings. The molecule has 0 spiro atoms. The molecule has 0 aliphatic heterocycles. The first kappa shape index (κ1) is 13.6. The van der Waals surface area contributed by atoms with E-state index in [1.807, 2.05) is 0 Å². The maximum absolute atomic E-state index is 10.4. The van der Waals surface area contributed by atoms with Gasteiger partial charge >= 0.3 is 0 Å². The monoisotopic (exact) mass is 286 g/mol. The lowest BCUT2D eigenvalue weighted by molar-refractivity contribution is -0.0226. The molecule has 0 aromatic heterocycles. The van der Waals surface area contributed by atoms with Gasteiger partial charge in [0.15, 0.2) is 0 Å². The molecular weight excluding hydrogens is 260 g/mol. The second-order valence-corrected chi connectivity index (χ2v) is 7.62. The zero-order valence-corrected chi connectivity index (χ0v) is 13.1. The molecule has 0 saturated heterocycles. The molecule has 2 fully saturated rings. The van der Waals surface area contributed by atoms with Gasteiger partial charge in [0.1, 0.15) is 5.75 Å². The van der Waals surface area contributed by atoms with E-state index in [0.29, 0.717) is 5.92 Å². The molecule has 5 atom stereocenters. The molecule has 0 heterocycles. The standard InChI is InChI=1S/C19H26O2/c1-19-10-9-15-14-6-4-13(21-2)11-12(14)3-5-16(15)17(19)7-8-18(19)20/h4,6,11,15-18,20H,3,5,7-10H2,1-2H3/t15-,16+,17-,18-,19+/m1/s1. The van der Waals surface area contributed by atoms with Gasteiger partial charge in [0, 0.05) is 0 Å². The maximum Gasteiger partial charge on any atom is 0.119 e. The van der Waals surface area contributed by atoms with Gasteiger partial charge in [-0.2, -0.15) is 0 Å². The van der Waals surface area contributed by atoms with E-state index in [1.54, 1.807) is 12.7 Å². The number of rotatable bonds is 1. The van der Waals surface area contributed by atoms with Gasteiger partial charge in [-0.05, 0) is 85.0 Å². The second-order valence-electron chi connectivity index (χ2n) is 7.62. The Kier molecular flexibility index (Phi) is 3.08. The number of aryl methyl sites for hydroxylation is 1. The minimum Gasteiger partial charge on any atom is -0.497 e. The SMILES string of the molecule is COc1ccc2c(c1)CC[C@H]1[C@@H]2CC[C@]2(C)[C@H](O)CC[C@H]12. The van der Waals surface area contributed by atoms with Gasteiger partial charge in [-0.15, -0.1) is 0 Å². The highest BCUT2D eigenvalue weighted by Crippen LogP contribution is 2.60. The summed E-state index contributed by atoms with van der Waals surface area (Å²) in [5, 5.41) is 10.4. The van der Waals surface area contributed by atoms with Crippen molar-refractivity contribution >= 4 is 0 Å². The number of fused-ring (bicyclic) bond motifs is 5. The van der Waals surface area contributed by atoms with Gasteiger partial charge < -0.3 is 9.84 Å². The van der Waals surface area contributed by atoms with Crippen molar-refractivity contribution in [2.45, 2.75) is 57.5 Å². The van der Waals surface area contributed by atoms with Crippen molar-refractivity contribution < 1.29 is 9.84 Å². The Morgan fingerprint density at radius 2 is 2.05 bits per heavy atom. The van der Waals surface area contributed by atoms with Crippen molar-refractivity contribution in [1.82, 2.24) is 0 Å². The third kappa shape index (κ3) is 1.88. The van der Waals surface area contributed by atoms with Gasteiger partial charge in [-0.1, -0.05) is 13.0 Å². The lowest BCUT2D eigenvalue weighted by Crippen LogP contribution is -2.43. The normalized spacial score (nSPS) is 41.1. The summed E-state index contributed by atoms with van der Waals surface area (Å²) in [6, 6.07) is 6.67. The van der Waals surface area contributed by atoms with Gasteiger partial charge in [0.05, 0.1) is 13.2 Å². The first-order chi connectivity index (χ1) is 10.1. The first-order valence-corrected chi connectivity index (χ1v) is 8.48. The Hall–Kier alpha value is -1.02. The molecule has 2 nitrogen and oxygen atoms in total. The number of methoxy groups -OCH3 is 1. The smallest absolute Gasteiger partial charge is 0.119 e. The molecule has 114 valence electrons. The highest BCUT2D eigenvalue weighted by Gasteiger charge is 2.54. The van der Waals surface area contributed by atoms with E-state index in [0.717, 1.165) is 24.0 Å². The van der Waals surface area contributed by atoms with Crippen LogP contribution in [0.2, 0.25) is 0 Å². The highest BCUT2D eigenvalue weighted by atomic mass is 16.5. The van der Waals surface area contributed by atoms with Gasteiger partial charge in [-0.3, -0.25) is 0 Å². The fraction of sp³-hybridized carbons (Fsp3) is 0.684. The van der Waals surface area contributed by atoms with E-state index in [2.05, 4.69) is 25.1 Å². The largest absolute Gasteiger partial charge is 0.497 e. The van der Waals surface area contributed by atoms with E-state index in [-0.39, 0.29) is 11.5 Å². The Labute approximate surface area is 127 Å². The molecule has 1 N–H and O–H groups in total. The predicted octanol–water partition coefficient (Wildman–Crippen LogP) is 3.91. The van der Waals surface area contributed by atoms with Crippen LogP contribution in [-0.2, 0) is 6.42 Å². The summed E-state index contributed by atoms with van der Waals surface area (Å²) in [6.45, 7) is 2.34. The molecule has 0 radical (unpaired) electrons. The number of ether oxygens (including phenoxy) is 1. The fourth-order valence-corrected chi connectivity index (χ4v) is 5.66. The van der Waals surface area contributed by atoms with Crippen molar-refractivity contribution in [2.75, 3.05) is 7.11 Å². The Morgan fingerprint density at radius 1 is 1.19 bits per heavy atom. The molecule has 0 unspecified atom stereocenters. The van der Waals surface area contributed by atoms with Crippen LogP contribution in [-0.4, -0.2) is 18.3 Å². The maximum atomic E-state index is 10.4. The number of benzene rings is 1. The number of aliphatic hydroxyl groups is 1. The summed E-state index contributed by atoms with van der Waals surface area (Å²) in [7, 11) is 1.75. The average Bonchev–Trinajstić information content (AvgIpc) is 2.82. The van der Waals surface area contributed by atoms with E-state index >= 15 is 0 Å². The Morgan fingerprint density at radius 3 is 2.86 bits per heavy atom. The van der Waals surface area contributed by atoms with Crippen LogP contribution in [0, 0.1) is 17.3 Å². The van der Waals surface area contributed by atoms with E-state index in [9.17, 15) is 5.11 Å². The van der Waals surface area contributed by atoms with Gasteiger partial charge in [-0.25, -0.2) is 0 Å². The van der Waals surface area contributed by atoms with Crippen LogP contribution >= 0.6 is 0 Å². The Bertz CT molecular complexity index is 552. The molecule has 2 heteroatoms. The molecule has 4 rings (SSSR count). The first-order valence-electron chi connectivity index (χ1n) is 8.48. The van der Waals surface area contributed by atoms with Gasteiger partial charge in [0.2, 0.25) is 0 Å². The van der Waals surface area contributed by atoms with Crippen LogP contribution in [0.4, 0.5) is 0 Å². The minimum absolute atomic E-state index is 0.0688.